The highest BCUT2D eigenvalue weighted by Gasteiger charge is 2.32. The molecule has 144 valence electrons. The number of hydrogen-bond acceptors (Lipinski definition) is 3. The summed E-state index contributed by atoms with van der Waals surface area (Å²) in [6.45, 7) is 0.680. The fourth-order valence-corrected chi connectivity index (χ4v) is 4.76. The van der Waals surface area contributed by atoms with Crippen molar-refractivity contribution in [3.05, 3.63) is 42.6 Å². The molecular weight excluding hydrogens is 336 g/mol. The molecule has 2 aliphatic rings. The van der Waals surface area contributed by atoms with Gasteiger partial charge in [0.05, 0.1) is 0 Å². The summed E-state index contributed by atoms with van der Waals surface area (Å²) in [6.07, 6.45) is 16.9. The molecule has 2 N–H and O–H groups in total. The Morgan fingerprint density at radius 2 is 2.07 bits per heavy atom. The lowest BCUT2D eigenvalue weighted by molar-refractivity contribution is 0.150. The van der Waals surface area contributed by atoms with E-state index in [4.69, 9.17) is 0 Å². The number of fused-ring (bicyclic) bond motifs is 1. The highest BCUT2D eigenvalue weighted by Crippen LogP contribution is 2.40. The molecule has 0 amide bonds. The van der Waals surface area contributed by atoms with Crippen molar-refractivity contribution in [3.63, 3.8) is 0 Å². The van der Waals surface area contributed by atoms with Gasteiger partial charge < -0.3 is 10.6 Å². The zero-order chi connectivity index (χ0) is 18.5. The first-order chi connectivity index (χ1) is 13.3. The first-order valence-electron chi connectivity index (χ1n) is 10.2. The lowest BCUT2D eigenvalue weighted by atomic mass is 9.69. The predicted molar refractivity (Wildman–Crippen MR) is 108 cm³/mol. The smallest absolute Gasteiger partial charge is 0.191 e. The van der Waals surface area contributed by atoms with Crippen LogP contribution in [0.5, 0.6) is 0 Å². The minimum absolute atomic E-state index is 0.539. The van der Waals surface area contributed by atoms with Gasteiger partial charge >= 0.3 is 0 Å². The number of aromatic nitrogens is 3. The van der Waals surface area contributed by atoms with Crippen LogP contribution in [0.4, 0.5) is 0 Å². The van der Waals surface area contributed by atoms with E-state index in [1.165, 1.54) is 44.9 Å². The molecule has 3 unspecified atom stereocenters. The van der Waals surface area contributed by atoms with Crippen LogP contribution in [-0.4, -0.2) is 33.6 Å². The van der Waals surface area contributed by atoms with Gasteiger partial charge in [0.2, 0.25) is 0 Å². The van der Waals surface area contributed by atoms with Crippen molar-refractivity contribution in [3.8, 4) is 5.82 Å². The van der Waals surface area contributed by atoms with E-state index < -0.39 is 0 Å². The van der Waals surface area contributed by atoms with E-state index in [9.17, 15) is 0 Å². The molecule has 2 heterocycles. The van der Waals surface area contributed by atoms with Gasteiger partial charge in [-0.25, -0.2) is 9.97 Å². The van der Waals surface area contributed by atoms with Crippen molar-refractivity contribution < 1.29 is 0 Å². The van der Waals surface area contributed by atoms with Crippen molar-refractivity contribution in [1.29, 1.82) is 0 Å². The fourth-order valence-electron chi connectivity index (χ4n) is 4.76. The molecule has 0 saturated heterocycles. The molecule has 0 spiro atoms. The summed E-state index contributed by atoms with van der Waals surface area (Å²) in [5.74, 6) is 3.67. The van der Waals surface area contributed by atoms with Gasteiger partial charge in [-0.05, 0) is 37.2 Å². The Bertz CT molecular complexity index is 754. The minimum Gasteiger partial charge on any atom is -0.354 e. The van der Waals surface area contributed by atoms with E-state index in [2.05, 4.69) is 31.7 Å². The first kappa shape index (κ1) is 18.0. The molecular formula is C21H30N6. The molecule has 4 rings (SSSR count). The van der Waals surface area contributed by atoms with Crippen LogP contribution in [0.1, 0.15) is 50.5 Å². The molecule has 2 aliphatic carbocycles. The van der Waals surface area contributed by atoms with Gasteiger partial charge in [0.25, 0.3) is 0 Å². The van der Waals surface area contributed by atoms with Crippen LogP contribution in [-0.2, 0) is 6.54 Å². The highest BCUT2D eigenvalue weighted by atomic mass is 15.2. The van der Waals surface area contributed by atoms with Crippen molar-refractivity contribution in [1.82, 2.24) is 25.2 Å². The van der Waals surface area contributed by atoms with Crippen LogP contribution in [0.25, 0.3) is 5.82 Å². The van der Waals surface area contributed by atoms with Crippen molar-refractivity contribution >= 4 is 5.96 Å². The Hall–Kier alpha value is -2.37. The van der Waals surface area contributed by atoms with E-state index in [-0.39, 0.29) is 0 Å². The second kappa shape index (κ2) is 8.55. The van der Waals surface area contributed by atoms with E-state index in [0.29, 0.717) is 12.6 Å². The summed E-state index contributed by atoms with van der Waals surface area (Å²) < 4.78 is 1.94. The Balaban J connectivity index is 1.35. The van der Waals surface area contributed by atoms with E-state index in [1.54, 1.807) is 12.5 Å². The van der Waals surface area contributed by atoms with Gasteiger partial charge in [-0.1, -0.05) is 31.7 Å². The molecule has 0 aromatic carbocycles. The Kier molecular flexibility index (Phi) is 5.70. The summed E-state index contributed by atoms with van der Waals surface area (Å²) in [5, 5.41) is 7.14. The second-order valence-electron chi connectivity index (χ2n) is 7.84. The maximum absolute atomic E-state index is 4.51. The number of nitrogens with zero attached hydrogens (tertiary/aromatic N) is 4. The van der Waals surface area contributed by atoms with Gasteiger partial charge in [0.15, 0.2) is 5.96 Å². The van der Waals surface area contributed by atoms with Gasteiger partial charge in [-0.3, -0.25) is 9.56 Å². The van der Waals surface area contributed by atoms with E-state index in [0.717, 1.165) is 29.2 Å². The van der Waals surface area contributed by atoms with E-state index >= 15 is 0 Å². The quantitative estimate of drug-likeness (QED) is 0.644. The SMILES string of the molecule is CN=C(NCc1cccnc1-n1ccnc1)NC1CCC2CCCCC2C1. The molecule has 2 fully saturated rings. The molecule has 6 nitrogen and oxygen atoms in total. The number of imidazole rings is 1. The monoisotopic (exact) mass is 366 g/mol. The van der Waals surface area contributed by atoms with Crippen LogP contribution in [0, 0.1) is 11.8 Å². The van der Waals surface area contributed by atoms with Crippen molar-refractivity contribution in [2.75, 3.05) is 7.05 Å². The Labute approximate surface area is 161 Å². The third-order valence-electron chi connectivity index (χ3n) is 6.17. The second-order valence-corrected chi connectivity index (χ2v) is 7.84. The third kappa shape index (κ3) is 4.31. The highest BCUT2D eigenvalue weighted by molar-refractivity contribution is 5.80. The maximum Gasteiger partial charge on any atom is 0.191 e. The summed E-state index contributed by atoms with van der Waals surface area (Å²) in [6, 6.07) is 4.60. The number of aliphatic imine (C=N–C) groups is 1. The Morgan fingerprint density at radius 1 is 1.19 bits per heavy atom. The molecule has 0 aliphatic heterocycles. The fraction of sp³-hybridized carbons (Fsp3) is 0.571. The zero-order valence-corrected chi connectivity index (χ0v) is 16.1. The average Bonchev–Trinajstić information content (AvgIpc) is 3.26. The number of nitrogens with one attached hydrogen (secondary N) is 2. The average molecular weight is 367 g/mol. The molecule has 0 bridgehead atoms. The minimum atomic E-state index is 0.539. The summed E-state index contributed by atoms with van der Waals surface area (Å²) >= 11 is 0. The largest absolute Gasteiger partial charge is 0.354 e. The first-order valence-corrected chi connectivity index (χ1v) is 10.2. The van der Waals surface area contributed by atoms with Crippen molar-refractivity contribution in [2.24, 2.45) is 16.8 Å². The number of hydrogen-bond donors (Lipinski definition) is 2. The van der Waals surface area contributed by atoms with Crippen molar-refractivity contribution in [2.45, 2.75) is 57.5 Å². The normalized spacial score (nSPS) is 25.7. The molecule has 2 aromatic heterocycles. The van der Waals surface area contributed by atoms with Crippen LogP contribution in [0.2, 0.25) is 0 Å². The molecule has 6 heteroatoms. The number of guanidine groups is 1. The molecule has 3 atom stereocenters. The standard InChI is InChI=1S/C21H30N6/c1-22-21(26-19-9-8-16-5-2-3-6-17(16)13-19)25-14-18-7-4-10-24-20(18)27-12-11-23-15-27/h4,7,10-12,15-17,19H,2-3,5-6,8-9,13-14H2,1H3,(H2,22,25,26). The summed E-state index contributed by atoms with van der Waals surface area (Å²) in [7, 11) is 1.85. The van der Waals surface area contributed by atoms with Crippen LogP contribution >= 0.6 is 0 Å². The van der Waals surface area contributed by atoms with Gasteiger partial charge in [0, 0.05) is 43.8 Å². The molecule has 2 saturated carbocycles. The lowest BCUT2D eigenvalue weighted by Gasteiger charge is -2.39. The topological polar surface area (TPSA) is 67.1 Å². The van der Waals surface area contributed by atoms with Crippen LogP contribution in [0.15, 0.2) is 42.0 Å². The van der Waals surface area contributed by atoms with Gasteiger partial charge in [-0.2, -0.15) is 0 Å². The van der Waals surface area contributed by atoms with Gasteiger partial charge in [0.1, 0.15) is 12.1 Å². The molecule has 0 radical (unpaired) electrons. The number of rotatable bonds is 4. The zero-order valence-electron chi connectivity index (χ0n) is 16.1. The molecule has 27 heavy (non-hydrogen) atoms. The third-order valence-corrected chi connectivity index (χ3v) is 6.17. The van der Waals surface area contributed by atoms with E-state index in [1.807, 2.05) is 30.1 Å². The summed E-state index contributed by atoms with van der Waals surface area (Å²) in [5.41, 5.74) is 1.12. The predicted octanol–water partition coefficient (Wildman–Crippen LogP) is 3.29. The molecule has 2 aromatic rings. The maximum atomic E-state index is 4.51. The van der Waals surface area contributed by atoms with Crippen LogP contribution < -0.4 is 10.6 Å². The van der Waals surface area contributed by atoms with Crippen LogP contribution in [0.3, 0.4) is 0 Å². The Morgan fingerprint density at radius 3 is 2.89 bits per heavy atom. The number of pyridine rings is 1. The lowest BCUT2D eigenvalue weighted by Crippen LogP contribution is -2.46. The van der Waals surface area contributed by atoms with Gasteiger partial charge in [-0.15, -0.1) is 0 Å². The summed E-state index contributed by atoms with van der Waals surface area (Å²) in [4.78, 5) is 13.1.